The number of nitrogens with zero attached hydrogens (tertiary/aromatic N) is 3. The summed E-state index contributed by atoms with van der Waals surface area (Å²) >= 11 is 2.66. The number of amides is 2. The van der Waals surface area contributed by atoms with Gasteiger partial charge in [0.2, 0.25) is 5.91 Å². The van der Waals surface area contributed by atoms with E-state index >= 15 is 0 Å². The normalized spacial score (nSPS) is 12.4. The van der Waals surface area contributed by atoms with Crippen molar-refractivity contribution in [3.63, 3.8) is 0 Å². The van der Waals surface area contributed by atoms with Crippen molar-refractivity contribution in [2.24, 2.45) is 0 Å². The molecule has 0 radical (unpaired) electrons. The van der Waals surface area contributed by atoms with Gasteiger partial charge in [0.15, 0.2) is 5.69 Å². The van der Waals surface area contributed by atoms with Gasteiger partial charge >= 0.3 is 0 Å². The molecule has 0 fully saturated rings. The molecule has 2 amide bonds. The van der Waals surface area contributed by atoms with Gasteiger partial charge in [-0.25, -0.2) is 0 Å². The summed E-state index contributed by atoms with van der Waals surface area (Å²) in [5.74, 6) is -0.549. The molecule has 3 aromatic rings. The van der Waals surface area contributed by atoms with Gasteiger partial charge in [-0.15, -0.1) is 16.4 Å². The number of rotatable bonds is 6. The Labute approximate surface area is 172 Å². The summed E-state index contributed by atoms with van der Waals surface area (Å²) in [6.07, 6.45) is 0. The van der Waals surface area contributed by atoms with Gasteiger partial charge in [-0.05, 0) is 49.3 Å². The molecule has 1 atom stereocenters. The van der Waals surface area contributed by atoms with E-state index in [-0.39, 0.29) is 17.5 Å². The maximum atomic E-state index is 13.3. The zero-order valence-corrected chi connectivity index (χ0v) is 17.6. The lowest BCUT2D eigenvalue weighted by atomic mass is 10.0. The Balaban J connectivity index is 2.04. The van der Waals surface area contributed by atoms with E-state index in [2.05, 4.69) is 14.9 Å². The molecule has 0 aliphatic heterocycles. The van der Waals surface area contributed by atoms with Crippen LogP contribution in [0.4, 0.5) is 0 Å². The lowest BCUT2D eigenvalue weighted by molar-refractivity contribution is -0.127. The van der Waals surface area contributed by atoms with Gasteiger partial charge in [-0.1, -0.05) is 40.9 Å². The number of carbonyl (C=O) groups is 2. The monoisotopic (exact) mass is 414 g/mol. The average molecular weight is 415 g/mol. The van der Waals surface area contributed by atoms with Crippen LogP contribution < -0.4 is 5.32 Å². The molecule has 1 aromatic carbocycles. The highest BCUT2D eigenvalue weighted by Gasteiger charge is 2.34. The Kier molecular flexibility index (Phi) is 6.21. The second-order valence-corrected chi connectivity index (χ2v) is 9.00. The van der Waals surface area contributed by atoms with Gasteiger partial charge in [-0.2, -0.15) is 0 Å². The molecule has 1 N–H and O–H groups in total. The number of hydrogen-bond acceptors (Lipinski definition) is 6. The summed E-state index contributed by atoms with van der Waals surface area (Å²) in [6, 6.07) is 12.4. The van der Waals surface area contributed by atoms with Crippen LogP contribution >= 0.6 is 22.9 Å². The first-order valence-corrected chi connectivity index (χ1v) is 10.5. The minimum atomic E-state index is -0.781. The summed E-state index contributed by atoms with van der Waals surface area (Å²) in [5.41, 5.74) is 0.563. The Bertz CT molecular complexity index is 904. The van der Waals surface area contributed by atoms with Crippen molar-refractivity contribution >= 4 is 34.7 Å². The topological polar surface area (TPSA) is 75.2 Å². The molecule has 0 saturated carbocycles. The van der Waals surface area contributed by atoms with Gasteiger partial charge in [0.05, 0.1) is 6.54 Å². The summed E-state index contributed by atoms with van der Waals surface area (Å²) < 4.78 is 3.81. The minimum Gasteiger partial charge on any atom is -0.349 e. The molecule has 0 unspecified atom stereocenters. The predicted molar refractivity (Wildman–Crippen MR) is 111 cm³/mol. The fourth-order valence-corrected chi connectivity index (χ4v) is 3.93. The van der Waals surface area contributed by atoms with Crippen molar-refractivity contribution in [3.8, 4) is 0 Å². The van der Waals surface area contributed by atoms with E-state index in [1.165, 1.54) is 0 Å². The Morgan fingerprint density at radius 1 is 1.14 bits per heavy atom. The van der Waals surface area contributed by atoms with E-state index in [0.29, 0.717) is 6.54 Å². The summed E-state index contributed by atoms with van der Waals surface area (Å²) in [6.45, 7) is 6.07. The molecule has 0 bridgehead atoms. The number of carbonyl (C=O) groups excluding carboxylic acids is 2. The van der Waals surface area contributed by atoms with Crippen LogP contribution in [0.3, 0.4) is 0 Å². The lowest BCUT2D eigenvalue weighted by Gasteiger charge is -2.33. The molecule has 2 heterocycles. The van der Waals surface area contributed by atoms with Gasteiger partial charge in [0.25, 0.3) is 5.91 Å². The molecule has 6 nitrogen and oxygen atoms in total. The highest BCUT2D eigenvalue weighted by atomic mass is 32.1. The molecule has 146 valence electrons. The second kappa shape index (κ2) is 8.62. The van der Waals surface area contributed by atoms with Gasteiger partial charge < -0.3 is 10.2 Å². The second-order valence-electron chi connectivity index (χ2n) is 7.36. The third-order valence-corrected chi connectivity index (χ3v) is 5.29. The van der Waals surface area contributed by atoms with Crippen LogP contribution in [0.15, 0.2) is 53.2 Å². The van der Waals surface area contributed by atoms with Crippen LogP contribution in [-0.2, 0) is 11.3 Å². The molecule has 8 heteroatoms. The first-order valence-electron chi connectivity index (χ1n) is 8.82. The van der Waals surface area contributed by atoms with E-state index in [4.69, 9.17) is 0 Å². The zero-order chi connectivity index (χ0) is 20.1. The third-order valence-electron chi connectivity index (χ3n) is 3.92. The Hall–Kier alpha value is -2.58. The van der Waals surface area contributed by atoms with Crippen LogP contribution in [0.2, 0.25) is 0 Å². The van der Waals surface area contributed by atoms with E-state index in [1.807, 2.05) is 68.6 Å². The molecule has 0 aliphatic carbocycles. The van der Waals surface area contributed by atoms with Crippen molar-refractivity contribution in [1.82, 2.24) is 19.8 Å². The SMILES string of the molecule is CC(C)(C)NC(=O)[C@H](c1ccccc1)N(Cc1cccs1)C(=O)c1csnn1. The quantitative estimate of drug-likeness (QED) is 0.664. The van der Waals surface area contributed by atoms with E-state index in [9.17, 15) is 9.59 Å². The smallest absolute Gasteiger partial charge is 0.276 e. The van der Waals surface area contributed by atoms with Gasteiger partial charge in [0, 0.05) is 15.8 Å². The summed E-state index contributed by atoms with van der Waals surface area (Å²) in [5, 5.41) is 10.5. The van der Waals surface area contributed by atoms with Crippen molar-refractivity contribution < 1.29 is 9.59 Å². The number of aromatic nitrogens is 2. The molecule has 0 saturated heterocycles. The zero-order valence-electron chi connectivity index (χ0n) is 16.0. The molecular formula is C20H22N4O2S2. The largest absolute Gasteiger partial charge is 0.349 e. The maximum Gasteiger partial charge on any atom is 0.276 e. The first-order chi connectivity index (χ1) is 13.3. The van der Waals surface area contributed by atoms with Crippen molar-refractivity contribution in [1.29, 1.82) is 0 Å². The van der Waals surface area contributed by atoms with Crippen molar-refractivity contribution in [3.05, 3.63) is 69.4 Å². The van der Waals surface area contributed by atoms with Crippen LogP contribution in [0.25, 0.3) is 0 Å². The third kappa shape index (κ3) is 5.02. The molecule has 3 rings (SSSR count). The standard InChI is InChI=1S/C20H22N4O2S2/c1-20(2,3)21-18(25)17(14-8-5-4-6-9-14)24(12-15-10-7-11-27-15)19(26)16-13-28-23-22-16/h4-11,13,17H,12H2,1-3H3,(H,21,25)/t17-/m0/s1. The molecule has 0 spiro atoms. The first kappa shape index (κ1) is 20.2. The number of nitrogens with one attached hydrogen (secondary N) is 1. The van der Waals surface area contributed by atoms with E-state index in [0.717, 1.165) is 22.0 Å². The van der Waals surface area contributed by atoms with Gasteiger partial charge in [-0.3, -0.25) is 9.59 Å². The molecule has 28 heavy (non-hydrogen) atoms. The van der Waals surface area contributed by atoms with Crippen LogP contribution in [0.1, 0.15) is 47.7 Å². The molecular weight excluding hydrogens is 392 g/mol. The van der Waals surface area contributed by atoms with E-state index in [1.54, 1.807) is 21.6 Å². The Morgan fingerprint density at radius 3 is 2.46 bits per heavy atom. The van der Waals surface area contributed by atoms with Gasteiger partial charge in [0.1, 0.15) is 6.04 Å². The van der Waals surface area contributed by atoms with E-state index < -0.39 is 11.6 Å². The maximum absolute atomic E-state index is 13.3. The molecule has 0 aliphatic rings. The minimum absolute atomic E-state index is 0.230. The summed E-state index contributed by atoms with van der Waals surface area (Å²) in [4.78, 5) is 29.1. The van der Waals surface area contributed by atoms with Crippen LogP contribution in [0.5, 0.6) is 0 Å². The number of thiophene rings is 1. The highest BCUT2D eigenvalue weighted by Crippen LogP contribution is 2.27. The fourth-order valence-electron chi connectivity index (χ4n) is 2.80. The van der Waals surface area contributed by atoms with Crippen molar-refractivity contribution in [2.45, 2.75) is 38.9 Å². The number of benzene rings is 1. The predicted octanol–water partition coefficient (Wildman–Crippen LogP) is 3.90. The van der Waals surface area contributed by atoms with Crippen LogP contribution in [0, 0.1) is 0 Å². The molecule has 2 aromatic heterocycles. The van der Waals surface area contributed by atoms with Crippen LogP contribution in [-0.4, -0.2) is 31.8 Å². The lowest BCUT2D eigenvalue weighted by Crippen LogP contribution is -2.49. The Morgan fingerprint density at radius 2 is 1.89 bits per heavy atom. The van der Waals surface area contributed by atoms with Crippen molar-refractivity contribution in [2.75, 3.05) is 0 Å². The average Bonchev–Trinajstić information content (AvgIpc) is 3.34. The number of hydrogen-bond donors (Lipinski definition) is 1. The fraction of sp³-hybridized carbons (Fsp3) is 0.300. The highest BCUT2D eigenvalue weighted by molar-refractivity contribution is 7.09. The summed E-state index contributed by atoms with van der Waals surface area (Å²) in [7, 11) is 0.